The molecule has 0 spiro atoms. The Hall–Kier alpha value is -3.39. The van der Waals surface area contributed by atoms with Crippen molar-refractivity contribution in [3.05, 3.63) is 70.1 Å². The molecule has 0 bridgehead atoms. The van der Waals surface area contributed by atoms with E-state index in [-0.39, 0.29) is 11.6 Å². The van der Waals surface area contributed by atoms with Crippen molar-refractivity contribution >= 4 is 44.7 Å². The van der Waals surface area contributed by atoms with Gasteiger partial charge in [-0.1, -0.05) is 11.6 Å². The fourth-order valence-corrected chi connectivity index (χ4v) is 5.48. The number of hydrogen-bond acceptors (Lipinski definition) is 9. The minimum Gasteiger partial charge on any atom is -0.453 e. The quantitative estimate of drug-likeness (QED) is 0.337. The van der Waals surface area contributed by atoms with Crippen molar-refractivity contribution in [3.8, 4) is 22.8 Å². The molecule has 0 unspecified atom stereocenters. The van der Waals surface area contributed by atoms with E-state index in [0.717, 1.165) is 37.5 Å². The van der Waals surface area contributed by atoms with E-state index in [0.29, 0.717) is 34.4 Å². The van der Waals surface area contributed by atoms with Crippen LogP contribution in [0.5, 0.6) is 11.5 Å². The van der Waals surface area contributed by atoms with Crippen LogP contribution in [0.1, 0.15) is 0 Å². The van der Waals surface area contributed by atoms with Crippen molar-refractivity contribution in [1.82, 2.24) is 20.3 Å². The summed E-state index contributed by atoms with van der Waals surface area (Å²) >= 11 is 7.36. The van der Waals surface area contributed by atoms with E-state index in [4.69, 9.17) is 16.3 Å². The lowest BCUT2D eigenvalue weighted by atomic mass is 10.1. The van der Waals surface area contributed by atoms with Crippen LogP contribution in [0.4, 0.5) is 20.5 Å². The summed E-state index contributed by atoms with van der Waals surface area (Å²) in [5.41, 5.74) is 2.29. The normalized spacial score (nSPS) is 14.0. The Morgan fingerprint density at radius 1 is 1.05 bits per heavy atom. The summed E-state index contributed by atoms with van der Waals surface area (Å²) in [6.07, 6.45) is 1.60. The number of nitrogens with zero attached hydrogens (tertiary/aromatic N) is 4. The van der Waals surface area contributed by atoms with Crippen molar-refractivity contribution < 1.29 is 21.9 Å². The van der Waals surface area contributed by atoms with Crippen molar-refractivity contribution in [1.29, 1.82) is 0 Å². The molecule has 4 aromatic rings. The maximum Gasteiger partial charge on any atom is 0.266 e. The second-order valence-corrected chi connectivity index (χ2v) is 10.7. The first-order valence-corrected chi connectivity index (χ1v) is 13.8. The average molecular weight is 565 g/mol. The summed E-state index contributed by atoms with van der Waals surface area (Å²) in [4.78, 5) is 13.9. The number of anilines is 2. The van der Waals surface area contributed by atoms with Gasteiger partial charge in [-0.3, -0.25) is 4.72 Å². The Bertz CT molecular complexity index is 1530. The molecule has 2 aromatic heterocycles. The van der Waals surface area contributed by atoms with Crippen LogP contribution in [0, 0.1) is 11.6 Å². The summed E-state index contributed by atoms with van der Waals surface area (Å²) in [5.74, 6) is -2.12. The molecule has 9 nitrogen and oxygen atoms in total. The maximum absolute atomic E-state index is 15.0. The van der Waals surface area contributed by atoms with E-state index < -0.39 is 32.3 Å². The number of thiazole rings is 1. The molecule has 5 rings (SSSR count). The number of benzene rings is 2. The zero-order chi connectivity index (χ0) is 26.0. The number of hydrogen-bond donors (Lipinski definition) is 2. The zero-order valence-corrected chi connectivity index (χ0v) is 21.4. The van der Waals surface area contributed by atoms with Crippen molar-refractivity contribution in [2.45, 2.75) is 4.90 Å². The predicted octanol–water partition coefficient (Wildman–Crippen LogP) is 4.53. The lowest BCUT2D eigenvalue weighted by Gasteiger charge is -2.27. The van der Waals surface area contributed by atoms with E-state index in [2.05, 4.69) is 25.0 Å². The van der Waals surface area contributed by atoms with Gasteiger partial charge in [0.25, 0.3) is 10.0 Å². The number of aromatic nitrogens is 3. The highest BCUT2D eigenvalue weighted by molar-refractivity contribution is 7.92. The van der Waals surface area contributed by atoms with Crippen molar-refractivity contribution in [2.24, 2.45) is 0 Å². The molecule has 3 heterocycles. The first kappa shape index (κ1) is 25.3. The molecule has 37 heavy (non-hydrogen) atoms. The number of rotatable bonds is 7. The van der Waals surface area contributed by atoms with Gasteiger partial charge in [-0.15, -0.1) is 11.3 Å². The third-order valence-corrected chi connectivity index (χ3v) is 7.62. The number of halogens is 3. The van der Waals surface area contributed by atoms with Crippen LogP contribution in [-0.2, 0) is 10.0 Å². The summed E-state index contributed by atoms with van der Waals surface area (Å²) in [5, 5.41) is 5.07. The molecule has 0 amide bonds. The molecular weight excluding hydrogens is 546 g/mol. The predicted molar refractivity (Wildman–Crippen MR) is 137 cm³/mol. The molecular formula is C23H19ClF2N6O3S2. The van der Waals surface area contributed by atoms with Gasteiger partial charge in [-0.25, -0.2) is 32.2 Å². The molecule has 0 radical (unpaired) electrons. The van der Waals surface area contributed by atoms with Crippen LogP contribution in [0.25, 0.3) is 11.3 Å². The highest BCUT2D eigenvalue weighted by Gasteiger charge is 2.24. The van der Waals surface area contributed by atoms with Gasteiger partial charge in [-0.05, 0) is 24.3 Å². The first-order chi connectivity index (χ1) is 17.8. The van der Waals surface area contributed by atoms with Crippen molar-refractivity contribution in [3.63, 3.8) is 0 Å². The zero-order valence-electron chi connectivity index (χ0n) is 19.0. The van der Waals surface area contributed by atoms with Crippen LogP contribution in [0.15, 0.2) is 58.4 Å². The van der Waals surface area contributed by atoms with Gasteiger partial charge in [0.2, 0.25) is 5.95 Å². The highest BCUT2D eigenvalue weighted by atomic mass is 35.5. The van der Waals surface area contributed by atoms with Gasteiger partial charge in [0.15, 0.2) is 17.4 Å². The lowest BCUT2D eigenvalue weighted by molar-refractivity contribution is 0.433. The summed E-state index contributed by atoms with van der Waals surface area (Å²) in [7, 11) is -4.42. The van der Waals surface area contributed by atoms with Crippen LogP contribution >= 0.6 is 22.9 Å². The molecule has 2 N–H and O–H groups in total. The second-order valence-electron chi connectivity index (χ2n) is 7.91. The van der Waals surface area contributed by atoms with Gasteiger partial charge < -0.3 is 15.0 Å². The van der Waals surface area contributed by atoms with Gasteiger partial charge in [0.05, 0.1) is 11.2 Å². The average Bonchev–Trinajstić information content (AvgIpc) is 3.40. The third-order valence-electron chi connectivity index (χ3n) is 5.43. The highest BCUT2D eigenvalue weighted by Crippen LogP contribution is 2.37. The molecule has 1 fully saturated rings. The van der Waals surface area contributed by atoms with E-state index >= 15 is 0 Å². The summed E-state index contributed by atoms with van der Waals surface area (Å²) in [6, 6.07) is 7.50. The Kier molecular flexibility index (Phi) is 7.20. The molecule has 2 aromatic carbocycles. The van der Waals surface area contributed by atoms with Gasteiger partial charge >= 0.3 is 0 Å². The molecule has 1 saturated heterocycles. The number of piperazine rings is 1. The van der Waals surface area contributed by atoms with Crippen molar-refractivity contribution in [2.75, 3.05) is 35.8 Å². The van der Waals surface area contributed by atoms with E-state index in [1.54, 1.807) is 18.3 Å². The van der Waals surface area contributed by atoms with E-state index in [1.165, 1.54) is 23.0 Å². The SMILES string of the molecule is O=S(=O)(Nc1cscn1)c1cc(F)c(Oc2ccc(Cl)cc2-c2ccnc(N3CCNCC3)n2)cc1F. The number of ether oxygens (including phenoxy) is 1. The van der Waals surface area contributed by atoms with Crippen LogP contribution in [-0.4, -0.2) is 49.5 Å². The molecule has 14 heteroatoms. The Balaban J connectivity index is 1.46. The van der Waals surface area contributed by atoms with E-state index in [1.807, 2.05) is 4.90 Å². The fraction of sp³-hybridized carbons (Fsp3) is 0.174. The van der Waals surface area contributed by atoms with Gasteiger partial charge in [-0.2, -0.15) is 0 Å². The fourth-order valence-electron chi connectivity index (χ4n) is 3.68. The van der Waals surface area contributed by atoms with Crippen LogP contribution in [0.3, 0.4) is 0 Å². The van der Waals surface area contributed by atoms with Gasteiger partial charge in [0.1, 0.15) is 16.5 Å². The minimum atomic E-state index is -4.42. The number of nitrogens with one attached hydrogen (secondary N) is 2. The lowest BCUT2D eigenvalue weighted by Crippen LogP contribution is -2.44. The molecule has 0 atom stereocenters. The summed E-state index contributed by atoms with van der Waals surface area (Å²) < 4.78 is 62.8. The molecule has 1 aliphatic heterocycles. The maximum atomic E-state index is 15.0. The largest absolute Gasteiger partial charge is 0.453 e. The van der Waals surface area contributed by atoms with Crippen LogP contribution in [0.2, 0.25) is 5.02 Å². The number of sulfonamides is 1. The Labute approximate surface area is 220 Å². The Morgan fingerprint density at radius 2 is 1.86 bits per heavy atom. The molecule has 0 saturated carbocycles. The monoisotopic (exact) mass is 564 g/mol. The second kappa shape index (κ2) is 10.5. The third kappa shape index (κ3) is 5.64. The molecule has 0 aliphatic carbocycles. The smallest absolute Gasteiger partial charge is 0.266 e. The standard InChI is InChI=1S/C23H19ClF2N6O3S2/c24-14-1-2-19(15(9-14)18-3-4-28-23(30-18)32-7-5-27-6-8-32)35-20-10-17(26)21(11-16(20)25)37(33,34)31-22-12-36-13-29-22/h1-4,9-13,27,31H,5-8H2. The summed E-state index contributed by atoms with van der Waals surface area (Å²) in [6.45, 7) is 3.07. The Morgan fingerprint density at radius 3 is 2.62 bits per heavy atom. The topological polar surface area (TPSA) is 109 Å². The minimum absolute atomic E-state index is 0.000905. The van der Waals surface area contributed by atoms with E-state index in [9.17, 15) is 17.2 Å². The first-order valence-electron chi connectivity index (χ1n) is 11.0. The molecule has 192 valence electrons. The van der Waals surface area contributed by atoms with Crippen LogP contribution < -0.4 is 19.7 Å². The molecule has 1 aliphatic rings. The van der Waals surface area contributed by atoms with Gasteiger partial charge in [0, 0.05) is 60.5 Å².